The summed E-state index contributed by atoms with van der Waals surface area (Å²) in [7, 11) is 0. The van der Waals surface area contributed by atoms with E-state index in [9.17, 15) is 0 Å². The highest BCUT2D eigenvalue weighted by Crippen LogP contribution is 2.35. The molecule has 0 radical (unpaired) electrons. The minimum absolute atomic E-state index is 0.391. The van der Waals surface area contributed by atoms with Crippen LogP contribution < -0.4 is 10.6 Å². The highest BCUT2D eigenvalue weighted by Gasteiger charge is 2.32. The van der Waals surface area contributed by atoms with E-state index in [-0.39, 0.29) is 0 Å². The molecule has 1 aromatic rings. The van der Waals surface area contributed by atoms with E-state index in [0.29, 0.717) is 12.0 Å². The molecule has 1 saturated heterocycles. The van der Waals surface area contributed by atoms with E-state index >= 15 is 0 Å². The number of aryl methyl sites for hydroxylation is 1. The molecule has 0 saturated carbocycles. The van der Waals surface area contributed by atoms with Gasteiger partial charge in [-0.05, 0) is 48.8 Å². The van der Waals surface area contributed by atoms with Gasteiger partial charge in [-0.25, -0.2) is 4.98 Å². The number of aromatic nitrogens is 1. The molecule has 106 valence electrons. The normalized spacial score (nSPS) is 20.1. The molecule has 1 aromatic heterocycles. The van der Waals surface area contributed by atoms with Crippen molar-refractivity contribution < 1.29 is 0 Å². The SMILES string of the molecule is Cc1cc(CCN)cnc1N1CCC(C(C)(C)C)C1. The minimum atomic E-state index is 0.391. The van der Waals surface area contributed by atoms with Crippen LogP contribution in [-0.4, -0.2) is 24.6 Å². The number of nitrogens with two attached hydrogens (primary N) is 1. The van der Waals surface area contributed by atoms with Gasteiger partial charge in [0.2, 0.25) is 0 Å². The van der Waals surface area contributed by atoms with Crippen LogP contribution in [0.3, 0.4) is 0 Å². The maximum Gasteiger partial charge on any atom is 0.131 e. The first-order valence-electron chi connectivity index (χ1n) is 7.32. The quantitative estimate of drug-likeness (QED) is 0.909. The zero-order valence-corrected chi connectivity index (χ0v) is 12.7. The van der Waals surface area contributed by atoms with Crippen molar-refractivity contribution in [3.63, 3.8) is 0 Å². The second-order valence-corrected chi connectivity index (χ2v) is 6.82. The topological polar surface area (TPSA) is 42.1 Å². The Labute approximate surface area is 117 Å². The van der Waals surface area contributed by atoms with Crippen molar-refractivity contribution in [1.82, 2.24) is 4.98 Å². The lowest BCUT2D eigenvalue weighted by Gasteiger charge is -2.27. The third kappa shape index (κ3) is 3.27. The van der Waals surface area contributed by atoms with E-state index in [4.69, 9.17) is 5.73 Å². The summed E-state index contributed by atoms with van der Waals surface area (Å²) in [5.41, 5.74) is 8.51. The van der Waals surface area contributed by atoms with Crippen molar-refractivity contribution in [1.29, 1.82) is 0 Å². The summed E-state index contributed by atoms with van der Waals surface area (Å²) in [6.07, 6.45) is 4.17. The monoisotopic (exact) mass is 261 g/mol. The number of nitrogens with zero attached hydrogens (tertiary/aromatic N) is 2. The summed E-state index contributed by atoms with van der Waals surface area (Å²) in [4.78, 5) is 7.11. The molecular formula is C16H27N3. The summed E-state index contributed by atoms with van der Waals surface area (Å²) in [6, 6.07) is 2.24. The third-order valence-corrected chi connectivity index (χ3v) is 4.25. The van der Waals surface area contributed by atoms with E-state index in [1.54, 1.807) is 0 Å². The molecule has 0 bridgehead atoms. The Bertz CT molecular complexity index is 434. The number of rotatable bonds is 3. The Morgan fingerprint density at radius 1 is 1.42 bits per heavy atom. The van der Waals surface area contributed by atoms with E-state index in [1.807, 2.05) is 6.20 Å². The van der Waals surface area contributed by atoms with Gasteiger partial charge >= 0.3 is 0 Å². The Morgan fingerprint density at radius 3 is 2.68 bits per heavy atom. The smallest absolute Gasteiger partial charge is 0.131 e. The number of pyridine rings is 1. The lowest BCUT2D eigenvalue weighted by Crippen LogP contribution is -2.26. The van der Waals surface area contributed by atoms with Crippen molar-refractivity contribution in [2.24, 2.45) is 17.1 Å². The first-order chi connectivity index (χ1) is 8.91. The van der Waals surface area contributed by atoms with Gasteiger partial charge in [0.25, 0.3) is 0 Å². The second-order valence-electron chi connectivity index (χ2n) is 6.82. The maximum atomic E-state index is 5.60. The standard InChI is InChI=1S/C16H27N3/c1-12-9-13(5-7-17)10-18-15(12)19-8-6-14(11-19)16(2,3)4/h9-10,14H,5-8,11,17H2,1-4H3. The summed E-state index contributed by atoms with van der Waals surface area (Å²) in [5, 5.41) is 0. The van der Waals surface area contributed by atoms with Gasteiger partial charge in [-0.1, -0.05) is 26.8 Å². The van der Waals surface area contributed by atoms with Crippen molar-refractivity contribution in [3.05, 3.63) is 23.4 Å². The van der Waals surface area contributed by atoms with Crippen LogP contribution in [0.5, 0.6) is 0 Å². The predicted octanol–water partition coefficient (Wildman–Crippen LogP) is 2.76. The van der Waals surface area contributed by atoms with Crippen LogP contribution in [0.4, 0.5) is 5.82 Å². The van der Waals surface area contributed by atoms with Gasteiger partial charge in [0.05, 0.1) is 0 Å². The molecule has 1 aliphatic rings. The first kappa shape index (κ1) is 14.3. The van der Waals surface area contributed by atoms with E-state index in [2.05, 4.69) is 43.6 Å². The molecule has 0 amide bonds. The molecule has 2 rings (SSSR count). The molecule has 0 aromatic carbocycles. The molecule has 1 atom stereocenters. The summed E-state index contributed by atoms with van der Waals surface area (Å²) in [5.74, 6) is 1.92. The third-order valence-electron chi connectivity index (χ3n) is 4.25. The van der Waals surface area contributed by atoms with Gasteiger partial charge in [0.15, 0.2) is 0 Å². The average Bonchev–Trinajstić information content (AvgIpc) is 2.78. The Hall–Kier alpha value is -1.09. The fraction of sp³-hybridized carbons (Fsp3) is 0.688. The van der Waals surface area contributed by atoms with Crippen LogP contribution in [0.2, 0.25) is 0 Å². The van der Waals surface area contributed by atoms with E-state index in [0.717, 1.165) is 31.2 Å². The predicted molar refractivity (Wildman–Crippen MR) is 81.5 cm³/mol. The van der Waals surface area contributed by atoms with Crippen LogP contribution in [-0.2, 0) is 6.42 Å². The van der Waals surface area contributed by atoms with E-state index in [1.165, 1.54) is 17.5 Å². The molecule has 1 fully saturated rings. The Balaban J connectivity index is 2.11. The highest BCUT2D eigenvalue weighted by molar-refractivity contribution is 5.48. The molecule has 19 heavy (non-hydrogen) atoms. The summed E-state index contributed by atoms with van der Waals surface area (Å²) < 4.78 is 0. The molecule has 3 heteroatoms. The van der Waals surface area contributed by atoms with Gasteiger partial charge < -0.3 is 10.6 Å². The first-order valence-corrected chi connectivity index (χ1v) is 7.32. The summed E-state index contributed by atoms with van der Waals surface area (Å²) in [6.45, 7) is 12.1. The van der Waals surface area contributed by atoms with Gasteiger partial charge in [-0.2, -0.15) is 0 Å². The van der Waals surface area contributed by atoms with Crippen LogP contribution in [0.25, 0.3) is 0 Å². The van der Waals surface area contributed by atoms with Crippen LogP contribution in [0.15, 0.2) is 12.3 Å². The molecule has 0 spiro atoms. The van der Waals surface area contributed by atoms with Crippen molar-refractivity contribution in [3.8, 4) is 0 Å². The molecule has 1 unspecified atom stereocenters. The molecule has 2 N–H and O–H groups in total. The minimum Gasteiger partial charge on any atom is -0.356 e. The number of hydrogen-bond acceptors (Lipinski definition) is 3. The molecule has 1 aliphatic heterocycles. The lowest BCUT2D eigenvalue weighted by atomic mass is 9.80. The number of hydrogen-bond donors (Lipinski definition) is 1. The van der Waals surface area contributed by atoms with Crippen LogP contribution in [0.1, 0.15) is 38.3 Å². The van der Waals surface area contributed by atoms with Crippen molar-refractivity contribution >= 4 is 5.82 Å². The molecule has 0 aliphatic carbocycles. The van der Waals surface area contributed by atoms with E-state index < -0.39 is 0 Å². The zero-order chi connectivity index (χ0) is 14.0. The number of anilines is 1. The average molecular weight is 261 g/mol. The second kappa shape index (κ2) is 5.49. The largest absolute Gasteiger partial charge is 0.356 e. The summed E-state index contributed by atoms with van der Waals surface area (Å²) >= 11 is 0. The van der Waals surface area contributed by atoms with Crippen LogP contribution in [0, 0.1) is 18.3 Å². The Kier molecular flexibility index (Phi) is 4.14. The molecular weight excluding hydrogens is 234 g/mol. The van der Waals surface area contributed by atoms with Crippen LogP contribution >= 0.6 is 0 Å². The zero-order valence-electron chi connectivity index (χ0n) is 12.7. The van der Waals surface area contributed by atoms with Gasteiger partial charge in [0.1, 0.15) is 5.82 Å². The molecule has 2 heterocycles. The molecule has 3 nitrogen and oxygen atoms in total. The maximum absolute atomic E-state index is 5.60. The lowest BCUT2D eigenvalue weighted by molar-refractivity contribution is 0.263. The Morgan fingerprint density at radius 2 is 2.16 bits per heavy atom. The van der Waals surface area contributed by atoms with Crippen molar-refractivity contribution in [2.45, 2.75) is 40.5 Å². The fourth-order valence-electron chi connectivity index (χ4n) is 2.92. The van der Waals surface area contributed by atoms with Gasteiger partial charge in [-0.15, -0.1) is 0 Å². The van der Waals surface area contributed by atoms with Gasteiger partial charge in [-0.3, -0.25) is 0 Å². The van der Waals surface area contributed by atoms with Crippen molar-refractivity contribution in [2.75, 3.05) is 24.5 Å². The van der Waals surface area contributed by atoms with Gasteiger partial charge in [0, 0.05) is 19.3 Å². The highest BCUT2D eigenvalue weighted by atomic mass is 15.2. The fourth-order valence-corrected chi connectivity index (χ4v) is 2.92.